The lowest BCUT2D eigenvalue weighted by molar-refractivity contribution is -0.121. The van der Waals surface area contributed by atoms with Crippen LogP contribution in [0, 0.1) is 0 Å². The molecule has 0 radical (unpaired) electrons. The number of methoxy groups -OCH3 is 1. The number of amides is 2. The molecule has 35 heavy (non-hydrogen) atoms. The third kappa shape index (κ3) is 6.66. The van der Waals surface area contributed by atoms with Crippen molar-refractivity contribution in [1.29, 1.82) is 0 Å². The SMILES string of the molecule is COc1ccc(OCCCC(=O)Nc2ccc3c(c2)N(CCOc2ccccc2)C(=O)CO3)cc1. The number of para-hydroxylation sites is 1. The van der Waals surface area contributed by atoms with E-state index in [4.69, 9.17) is 18.9 Å². The Bertz CT molecular complexity index is 1130. The van der Waals surface area contributed by atoms with Crippen LogP contribution in [0.15, 0.2) is 72.8 Å². The molecule has 1 aliphatic rings. The van der Waals surface area contributed by atoms with Crippen LogP contribution in [0.3, 0.4) is 0 Å². The number of carbonyl (C=O) groups excluding carboxylic acids is 2. The van der Waals surface area contributed by atoms with Crippen molar-refractivity contribution in [2.45, 2.75) is 12.8 Å². The van der Waals surface area contributed by atoms with Crippen LogP contribution < -0.4 is 29.2 Å². The highest BCUT2D eigenvalue weighted by Crippen LogP contribution is 2.34. The smallest absolute Gasteiger partial charge is 0.265 e. The summed E-state index contributed by atoms with van der Waals surface area (Å²) < 4.78 is 22.1. The molecule has 0 unspecified atom stereocenters. The zero-order valence-corrected chi connectivity index (χ0v) is 19.6. The van der Waals surface area contributed by atoms with Gasteiger partial charge in [0.15, 0.2) is 6.61 Å². The summed E-state index contributed by atoms with van der Waals surface area (Å²) in [5, 5.41) is 2.89. The minimum absolute atomic E-state index is 0.0295. The van der Waals surface area contributed by atoms with Gasteiger partial charge in [-0.1, -0.05) is 18.2 Å². The van der Waals surface area contributed by atoms with Crippen molar-refractivity contribution in [3.63, 3.8) is 0 Å². The fourth-order valence-corrected chi connectivity index (χ4v) is 3.61. The van der Waals surface area contributed by atoms with Gasteiger partial charge < -0.3 is 29.2 Å². The molecule has 0 saturated carbocycles. The summed E-state index contributed by atoms with van der Waals surface area (Å²) in [5.41, 5.74) is 1.20. The van der Waals surface area contributed by atoms with Crippen molar-refractivity contribution in [3.8, 4) is 23.0 Å². The number of ether oxygens (including phenoxy) is 4. The largest absolute Gasteiger partial charge is 0.497 e. The van der Waals surface area contributed by atoms with E-state index < -0.39 is 0 Å². The predicted octanol–water partition coefficient (Wildman–Crippen LogP) is 4.30. The number of nitrogens with one attached hydrogen (secondary N) is 1. The van der Waals surface area contributed by atoms with Crippen molar-refractivity contribution in [2.24, 2.45) is 0 Å². The summed E-state index contributed by atoms with van der Waals surface area (Å²) in [4.78, 5) is 26.6. The molecule has 182 valence electrons. The first-order valence-corrected chi connectivity index (χ1v) is 11.4. The van der Waals surface area contributed by atoms with Gasteiger partial charge in [0.25, 0.3) is 5.91 Å². The predicted molar refractivity (Wildman–Crippen MR) is 133 cm³/mol. The second-order valence-electron chi connectivity index (χ2n) is 7.85. The Labute approximate surface area is 204 Å². The number of carbonyl (C=O) groups is 2. The van der Waals surface area contributed by atoms with Crippen LogP contribution in [0.2, 0.25) is 0 Å². The topological polar surface area (TPSA) is 86.3 Å². The molecule has 0 atom stereocenters. The van der Waals surface area contributed by atoms with Crippen LogP contribution in [0.1, 0.15) is 12.8 Å². The first kappa shape index (κ1) is 23.9. The zero-order chi connectivity index (χ0) is 24.5. The molecule has 8 nitrogen and oxygen atoms in total. The fraction of sp³-hybridized carbons (Fsp3) is 0.259. The molecule has 0 saturated heterocycles. The third-order valence-electron chi connectivity index (χ3n) is 5.39. The quantitative estimate of drug-likeness (QED) is 0.416. The Hall–Kier alpha value is -4.20. The normalized spacial score (nSPS) is 12.4. The summed E-state index contributed by atoms with van der Waals surface area (Å²) in [6.07, 6.45) is 0.866. The van der Waals surface area contributed by atoms with Gasteiger partial charge in [0.2, 0.25) is 5.91 Å². The number of nitrogens with zero attached hydrogens (tertiary/aromatic N) is 1. The van der Waals surface area contributed by atoms with E-state index in [9.17, 15) is 9.59 Å². The highest BCUT2D eigenvalue weighted by molar-refractivity contribution is 5.99. The maximum atomic E-state index is 12.5. The molecule has 3 aromatic carbocycles. The van der Waals surface area contributed by atoms with Crippen LogP contribution in [-0.2, 0) is 9.59 Å². The first-order chi connectivity index (χ1) is 17.1. The summed E-state index contributed by atoms with van der Waals surface area (Å²) >= 11 is 0. The average Bonchev–Trinajstić information content (AvgIpc) is 2.89. The van der Waals surface area contributed by atoms with Gasteiger partial charge in [-0.3, -0.25) is 9.59 Å². The van der Waals surface area contributed by atoms with Crippen molar-refractivity contribution in [2.75, 3.05) is 43.7 Å². The van der Waals surface area contributed by atoms with Crippen molar-refractivity contribution in [3.05, 3.63) is 72.8 Å². The third-order valence-corrected chi connectivity index (χ3v) is 5.39. The summed E-state index contributed by atoms with van der Waals surface area (Å²) in [5.74, 6) is 2.53. The van der Waals surface area contributed by atoms with Gasteiger partial charge in [0.1, 0.15) is 29.6 Å². The maximum absolute atomic E-state index is 12.5. The lowest BCUT2D eigenvalue weighted by Gasteiger charge is -2.29. The first-order valence-electron chi connectivity index (χ1n) is 11.4. The van der Waals surface area contributed by atoms with Gasteiger partial charge in [-0.15, -0.1) is 0 Å². The van der Waals surface area contributed by atoms with Gasteiger partial charge in [-0.25, -0.2) is 0 Å². The number of anilines is 2. The van der Waals surface area contributed by atoms with Crippen molar-refractivity contribution < 1.29 is 28.5 Å². The molecule has 3 aromatic rings. The molecule has 0 spiro atoms. The molecule has 1 heterocycles. The zero-order valence-electron chi connectivity index (χ0n) is 19.6. The Morgan fingerprint density at radius 2 is 1.66 bits per heavy atom. The van der Waals surface area contributed by atoms with E-state index in [1.54, 1.807) is 30.2 Å². The van der Waals surface area contributed by atoms with Crippen molar-refractivity contribution in [1.82, 2.24) is 0 Å². The maximum Gasteiger partial charge on any atom is 0.265 e. The van der Waals surface area contributed by atoms with E-state index in [-0.39, 0.29) is 18.4 Å². The molecule has 1 aliphatic heterocycles. The van der Waals surface area contributed by atoms with Crippen LogP contribution in [-0.4, -0.2) is 45.3 Å². The van der Waals surface area contributed by atoms with Crippen molar-refractivity contribution >= 4 is 23.2 Å². The molecule has 1 N–H and O–H groups in total. The van der Waals surface area contributed by atoms with Crippen LogP contribution >= 0.6 is 0 Å². The Kier molecular flexibility index (Phi) is 8.06. The van der Waals surface area contributed by atoms with Crippen LogP contribution in [0.4, 0.5) is 11.4 Å². The lowest BCUT2D eigenvalue weighted by atomic mass is 10.2. The number of rotatable bonds is 11. The van der Waals surface area contributed by atoms with E-state index in [0.717, 1.165) is 17.2 Å². The average molecular weight is 477 g/mol. The minimum Gasteiger partial charge on any atom is -0.497 e. The number of benzene rings is 3. The van der Waals surface area contributed by atoms with Gasteiger partial charge in [0.05, 0.1) is 25.9 Å². The van der Waals surface area contributed by atoms with Crippen LogP contribution in [0.25, 0.3) is 0 Å². The fourth-order valence-electron chi connectivity index (χ4n) is 3.61. The molecule has 2 amide bonds. The van der Waals surface area contributed by atoms with E-state index in [2.05, 4.69) is 5.32 Å². The summed E-state index contributed by atoms with van der Waals surface area (Å²) in [6.45, 7) is 1.09. The van der Waals surface area contributed by atoms with E-state index in [1.807, 2.05) is 54.6 Å². The van der Waals surface area contributed by atoms with E-state index >= 15 is 0 Å². The monoisotopic (exact) mass is 476 g/mol. The molecule has 0 aromatic heterocycles. The van der Waals surface area contributed by atoms with Gasteiger partial charge >= 0.3 is 0 Å². The minimum atomic E-state index is -0.159. The van der Waals surface area contributed by atoms with Gasteiger partial charge in [-0.2, -0.15) is 0 Å². The molecule has 0 bridgehead atoms. The Morgan fingerprint density at radius 1 is 0.943 bits per heavy atom. The molecule has 8 heteroatoms. The highest BCUT2D eigenvalue weighted by Gasteiger charge is 2.26. The second kappa shape index (κ2) is 11.8. The molecule has 0 fully saturated rings. The molecule has 4 rings (SSSR count). The Balaban J connectivity index is 1.28. The van der Waals surface area contributed by atoms with Gasteiger partial charge in [0, 0.05) is 12.1 Å². The van der Waals surface area contributed by atoms with E-state index in [1.165, 1.54) is 0 Å². The molecular formula is C27H28N2O6. The van der Waals surface area contributed by atoms with E-state index in [0.29, 0.717) is 49.7 Å². The second-order valence-corrected chi connectivity index (χ2v) is 7.85. The van der Waals surface area contributed by atoms with Gasteiger partial charge in [-0.05, 0) is 61.0 Å². The standard InChI is InChI=1S/C27H28N2O6/c1-32-21-10-12-23(13-11-21)33-16-5-8-26(30)28-20-9-14-25-24(18-20)29(27(31)19-35-25)15-17-34-22-6-3-2-4-7-22/h2-4,6-7,9-14,18H,5,8,15-17,19H2,1H3,(H,28,30). The molecular weight excluding hydrogens is 448 g/mol. The summed E-state index contributed by atoms with van der Waals surface area (Å²) in [6, 6.07) is 22.0. The number of hydrogen-bond acceptors (Lipinski definition) is 6. The Morgan fingerprint density at radius 3 is 2.43 bits per heavy atom. The molecule has 0 aliphatic carbocycles. The lowest BCUT2D eigenvalue weighted by Crippen LogP contribution is -2.41. The summed E-state index contributed by atoms with van der Waals surface area (Å²) in [7, 11) is 1.61. The highest BCUT2D eigenvalue weighted by atomic mass is 16.5. The van der Waals surface area contributed by atoms with Crippen LogP contribution in [0.5, 0.6) is 23.0 Å². The number of hydrogen-bond donors (Lipinski definition) is 1. The number of fused-ring (bicyclic) bond motifs is 1.